The van der Waals surface area contributed by atoms with Crippen LogP contribution in [-0.2, 0) is 17.6 Å². The Morgan fingerprint density at radius 1 is 1.04 bits per heavy atom. The van der Waals surface area contributed by atoms with E-state index < -0.39 is 0 Å². The van der Waals surface area contributed by atoms with E-state index >= 15 is 0 Å². The van der Waals surface area contributed by atoms with Crippen molar-refractivity contribution in [1.29, 1.82) is 0 Å². The summed E-state index contributed by atoms with van der Waals surface area (Å²) in [4.78, 5) is 4.40. The highest BCUT2D eigenvalue weighted by atomic mass is 16.5. The summed E-state index contributed by atoms with van der Waals surface area (Å²) >= 11 is 0. The van der Waals surface area contributed by atoms with Gasteiger partial charge >= 0.3 is 6.01 Å². The first-order valence-electron chi connectivity index (χ1n) is 8.21. The van der Waals surface area contributed by atoms with Crippen molar-refractivity contribution in [1.82, 2.24) is 4.98 Å². The first-order chi connectivity index (χ1) is 11.8. The van der Waals surface area contributed by atoms with Gasteiger partial charge in [0.1, 0.15) is 5.52 Å². The number of nitrogens with two attached hydrogens (primary N) is 1. The molecule has 0 unspecified atom stereocenters. The zero-order chi connectivity index (χ0) is 16.8. The van der Waals surface area contributed by atoms with Crippen LogP contribution in [0, 0.1) is 0 Å². The molecule has 1 heterocycles. The van der Waals surface area contributed by atoms with Gasteiger partial charge in [-0.2, -0.15) is 4.98 Å². The Kier molecular flexibility index (Phi) is 5.46. The van der Waals surface area contributed by atoms with Crippen molar-refractivity contribution in [3.63, 3.8) is 0 Å². The molecule has 0 atom stereocenters. The molecular formula is C19H23N3O2. The maximum absolute atomic E-state index is 6.07. The second-order valence-corrected chi connectivity index (χ2v) is 5.82. The van der Waals surface area contributed by atoms with Crippen LogP contribution in [0.25, 0.3) is 11.1 Å². The van der Waals surface area contributed by atoms with Crippen LogP contribution in [0.15, 0.2) is 52.9 Å². The molecule has 126 valence electrons. The molecule has 2 aromatic carbocycles. The highest BCUT2D eigenvalue weighted by Gasteiger charge is 2.10. The van der Waals surface area contributed by atoms with Crippen LogP contribution >= 0.6 is 0 Å². The Balaban J connectivity index is 1.50. The van der Waals surface area contributed by atoms with E-state index in [1.54, 1.807) is 12.1 Å². The predicted octanol–water partition coefficient (Wildman–Crippen LogP) is 3.33. The lowest BCUT2D eigenvalue weighted by Gasteiger charge is -2.13. The summed E-state index contributed by atoms with van der Waals surface area (Å²) in [7, 11) is 1.73. The summed E-state index contributed by atoms with van der Waals surface area (Å²) in [5, 5.41) is 1.58. The topological polar surface area (TPSA) is 64.5 Å². The van der Waals surface area contributed by atoms with Gasteiger partial charge in [0, 0.05) is 13.7 Å². The van der Waals surface area contributed by atoms with E-state index in [1.165, 1.54) is 11.1 Å². The van der Waals surface area contributed by atoms with Gasteiger partial charge in [0.15, 0.2) is 5.58 Å². The van der Waals surface area contributed by atoms with Gasteiger partial charge in [0.25, 0.3) is 0 Å². The zero-order valence-electron chi connectivity index (χ0n) is 13.9. The normalized spacial score (nSPS) is 11.1. The van der Waals surface area contributed by atoms with Gasteiger partial charge in [-0.3, -0.25) is 5.01 Å². The van der Waals surface area contributed by atoms with Gasteiger partial charge in [-0.15, -0.1) is 0 Å². The maximum Gasteiger partial charge on any atom is 0.313 e. The van der Waals surface area contributed by atoms with Gasteiger partial charge in [0.2, 0.25) is 0 Å². The Hall–Kier alpha value is -2.37. The standard InChI is InChI=1S/C19H23N3O2/c1-23-14-12-16-10-8-15(9-11-16)5-4-13-22(20)19-21-17-6-2-3-7-18(17)24-19/h2-3,6-11H,4-5,12-14,20H2,1H3. The lowest BCUT2D eigenvalue weighted by Crippen LogP contribution is -2.32. The van der Waals surface area contributed by atoms with Crippen LogP contribution in [0.4, 0.5) is 6.01 Å². The van der Waals surface area contributed by atoms with Gasteiger partial charge in [-0.1, -0.05) is 36.4 Å². The average Bonchev–Trinajstić information content (AvgIpc) is 3.05. The van der Waals surface area contributed by atoms with E-state index in [4.69, 9.17) is 15.0 Å². The smallest absolute Gasteiger partial charge is 0.313 e. The number of nitrogens with zero attached hydrogens (tertiary/aromatic N) is 2. The second kappa shape index (κ2) is 7.95. The van der Waals surface area contributed by atoms with E-state index in [1.807, 2.05) is 24.3 Å². The number of benzene rings is 2. The summed E-state index contributed by atoms with van der Waals surface area (Å²) in [6.45, 7) is 1.45. The second-order valence-electron chi connectivity index (χ2n) is 5.82. The molecule has 0 fully saturated rings. The highest BCUT2D eigenvalue weighted by Crippen LogP contribution is 2.20. The van der Waals surface area contributed by atoms with E-state index in [0.29, 0.717) is 12.6 Å². The van der Waals surface area contributed by atoms with Gasteiger partial charge in [-0.25, -0.2) is 5.84 Å². The Morgan fingerprint density at radius 2 is 1.75 bits per heavy atom. The molecule has 0 spiro atoms. The van der Waals surface area contributed by atoms with E-state index in [2.05, 4.69) is 29.2 Å². The molecule has 0 aliphatic rings. The van der Waals surface area contributed by atoms with Gasteiger partial charge in [-0.05, 0) is 42.5 Å². The van der Waals surface area contributed by atoms with Crippen LogP contribution in [0.5, 0.6) is 0 Å². The van der Waals surface area contributed by atoms with Crippen molar-refractivity contribution in [3.05, 3.63) is 59.7 Å². The van der Waals surface area contributed by atoms with Crippen molar-refractivity contribution in [2.24, 2.45) is 5.84 Å². The molecule has 0 bridgehead atoms. The number of fused-ring (bicyclic) bond motifs is 1. The van der Waals surface area contributed by atoms with Crippen LogP contribution in [0.3, 0.4) is 0 Å². The number of anilines is 1. The molecular weight excluding hydrogens is 302 g/mol. The predicted molar refractivity (Wildman–Crippen MR) is 95.9 cm³/mol. The maximum atomic E-state index is 6.07. The molecule has 5 heteroatoms. The molecule has 24 heavy (non-hydrogen) atoms. The number of hydrogen-bond acceptors (Lipinski definition) is 5. The first-order valence-corrected chi connectivity index (χ1v) is 8.21. The van der Waals surface area contributed by atoms with Crippen LogP contribution < -0.4 is 10.9 Å². The quantitative estimate of drug-likeness (QED) is 0.508. The van der Waals surface area contributed by atoms with Gasteiger partial charge in [0.05, 0.1) is 6.61 Å². The molecule has 3 aromatic rings. The molecule has 0 saturated carbocycles. The number of methoxy groups -OCH3 is 1. The number of rotatable bonds is 8. The minimum atomic E-state index is 0.464. The molecule has 5 nitrogen and oxygen atoms in total. The number of oxazole rings is 1. The van der Waals surface area contributed by atoms with Crippen molar-refractivity contribution in [2.45, 2.75) is 19.3 Å². The van der Waals surface area contributed by atoms with Crippen LogP contribution in [0.1, 0.15) is 17.5 Å². The van der Waals surface area contributed by atoms with Crippen LogP contribution in [-0.4, -0.2) is 25.2 Å². The summed E-state index contributed by atoms with van der Waals surface area (Å²) in [6.07, 6.45) is 2.86. The van der Waals surface area contributed by atoms with E-state index in [-0.39, 0.29) is 0 Å². The number of aryl methyl sites for hydroxylation is 1. The van der Waals surface area contributed by atoms with Crippen LogP contribution in [0.2, 0.25) is 0 Å². The molecule has 0 amide bonds. The van der Waals surface area contributed by atoms with Crippen molar-refractivity contribution in [3.8, 4) is 0 Å². The Bertz CT molecular complexity index is 735. The molecule has 0 saturated heterocycles. The fourth-order valence-electron chi connectivity index (χ4n) is 2.62. The average molecular weight is 325 g/mol. The summed E-state index contributed by atoms with van der Waals surface area (Å²) in [6, 6.07) is 16.8. The molecule has 0 aliphatic carbocycles. The third-order valence-electron chi connectivity index (χ3n) is 4.01. The molecule has 0 aliphatic heterocycles. The minimum Gasteiger partial charge on any atom is -0.422 e. The number of hydrazine groups is 1. The summed E-state index contributed by atoms with van der Waals surface area (Å²) in [5.74, 6) is 6.07. The van der Waals surface area contributed by atoms with Gasteiger partial charge < -0.3 is 9.15 Å². The monoisotopic (exact) mass is 325 g/mol. The summed E-state index contributed by atoms with van der Waals surface area (Å²) < 4.78 is 10.8. The molecule has 1 aromatic heterocycles. The Morgan fingerprint density at radius 3 is 2.46 bits per heavy atom. The summed E-state index contributed by atoms with van der Waals surface area (Å²) in [5.41, 5.74) is 4.19. The minimum absolute atomic E-state index is 0.464. The fraction of sp³-hybridized carbons (Fsp3) is 0.316. The number of para-hydroxylation sites is 2. The van der Waals surface area contributed by atoms with E-state index in [0.717, 1.165) is 37.0 Å². The SMILES string of the molecule is COCCc1ccc(CCCN(N)c2nc3ccccc3o2)cc1. The lowest BCUT2D eigenvalue weighted by molar-refractivity contribution is 0.202. The Labute approximate surface area is 142 Å². The molecule has 3 rings (SSSR count). The van der Waals surface area contributed by atoms with Crippen molar-refractivity contribution < 1.29 is 9.15 Å². The molecule has 0 radical (unpaired) electrons. The number of ether oxygens (including phenoxy) is 1. The van der Waals surface area contributed by atoms with Crippen molar-refractivity contribution >= 4 is 17.1 Å². The largest absolute Gasteiger partial charge is 0.422 e. The lowest BCUT2D eigenvalue weighted by atomic mass is 10.1. The van der Waals surface area contributed by atoms with E-state index in [9.17, 15) is 0 Å². The third kappa shape index (κ3) is 4.13. The zero-order valence-corrected chi connectivity index (χ0v) is 13.9. The first kappa shape index (κ1) is 16.5. The number of hydrogen-bond donors (Lipinski definition) is 1. The third-order valence-corrected chi connectivity index (χ3v) is 4.01. The van der Waals surface area contributed by atoms with Crippen molar-refractivity contribution in [2.75, 3.05) is 25.3 Å². The highest BCUT2D eigenvalue weighted by molar-refractivity contribution is 5.74. The number of aromatic nitrogens is 1. The fourth-order valence-corrected chi connectivity index (χ4v) is 2.62. The molecule has 2 N–H and O–H groups in total.